The Morgan fingerprint density at radius 1 is 1.14 bits per heavy atom. The summed E-state index contributed by atoms with van der Waals surface area (Å²) in [6, 6.07) is 3.68. The minimum atomic E-state index is 0.0265. The molecular formula is C22H30N4O3. The first kappa shape index (κ1) is 20.0. The van der Waals surface area contributed by atoms with Crippen molar-refractivity contribution in [3.63, 3.8) is 0 Å². The summed E-state index contributed by atoms with van der Waals surface area (Å²) in [6.07, 6.45) is 13.7. The molecule has 1 saturated heterocycles. The molecule has 1 unspecified atom stereocenters. The predicted molar refractivity (Wildman–Crippen MR) is 108 cm³/mol. The number of aromatic nitrogens is 3. The molecule has 1 atom stereocenters. The van der Waals surface area contributed by atoms with Crippen molar-refractivity contribution in [3.05, 3.63) is 30.4 Å². The first-order valence-corrected chi connectivity index (χ1v) is 10.9. The van der Waals surface area contributed by atoms with Crippen LogP contribution in [0.3, 0.4) is 0 Å². The maximum Gasteiger partial charge on any atom is 0.252 e. The number of piperidine rings is 1. The first-order chi connectivity index (χ1) is 14.3. The minimum absolute atomic E-state index is 0.0265. The zero-order valence-corrected chi connectivity index (χ0v) is 17.0. The summed E-state index contributed by atoms with van der Waals surface area (Å²) in [5, 5.41) is 4.00. The second-order valence-electron chi connectivity index (χ2n) is 8.21. The van der Waals surface area contributed by atoms with Crippen LogP contribution in [0, 0.1) is 5.92 Å². The summed E-state index contributed by atoms with van der Waals surface area (Å²) < 4.78 is 11.3. The number of amides is 1. The highest BCUT2D eigenvalue weighted by atomic mass is 16.5. The molecule has 4 rings (SSSR count). The maximum atomic E-state index is 12.6. The Balaban J connectivity index is 1.22. The third kappa shape index (κ3) is 5.63. The smallest absolute Gasteiger partial charge is 0.252 e. The fraction of sp³-hybridized carbons (Fsp3) is 0.636. The molecule has 1 aliphatic heterocycles. The Labute approximate surface area is 171 Å². The highest BCUT2D eigenvalue weighted by Crippen LogP contribution is 2.28. The van der Waals surface area contributed by atoms with E-state index in [0.717, 1.165) is 37.3 Å². The van der Waals surface area contributed by atoms with Gasteiger partial charge in [0.1, 0.15) is 6.61 Å². The lowest BCUT2D eigenvalue weighted by Crippen LogP contribution is -2.43. The highest BCUT2D eigenvalue weighted by Gasteiger charge is 2.25. The Bertz CT molecular complexity index is 773. The maximum absolute atomic E-state index is 12.6. The van der Waals surface area contributed by atoms with Crippen molar-refractivity contribution < 1.29 is 14.1 Å². The van der Waals surface area contributed by atoms with Crippen molar-refractivity contribution in [2.45, 2.75) is 70.5 Å². The molecule has 7 heteroatoms. The van der Waals surface area contributed by atoms with Crippen LogP contribution in [0.1, 0.15) is 63.7 Å². The standard InChI is InChI=1S/C22H30N4O3/c27-21(9-8-17-5-2-1-3-6-17)26-14-4-7-19(15-26)28-16-20-24-22(25-29-20)18-10-12-23-13-11-18/h10-13,17,19H,1-9,14-16H2. The third-order valence-electron chi connectivity index (χ3n) is 6.07. The number of likely N-dealkylation sites (tertiary alicyclic amines) is 1. The molecule has 7 nitrogen and oxygen atoms in total. The molecule has 3 heterocycles. The fourth-order valence-electron chi connectivity index (χ4n) is 4.38. The molecule has 0 bridgehead atoms. The largest absolute Gasteiger partial charge is 0.367 e. The van der Waals surface area contributed by atoms with Gasteiger partial charge in [0, 0.05) is 37.5 Å². The Morgan fingerprint density at radius 2 is 1.97 bits per heavy atom. The molecule has 2 aromatic heterocycles. The van der Waals surface area contributed by atoms with Gasteiger partial charge in [-0.25, -0.2) is 0 Å². The number of hydrogen-bond acceptors (Lipinski definition) is 6. The van der Waals surface area contributed by atoms with Crippen molar-refractivity contribution in [3.8, 4) is 11.4 Å². The van der Waals surface area contributed by atoms with E-state index in [2.05, 4.69) is 15.1 Å². The van der Waals surface area contributed by atoms with Crippen molar-refractivity contribution >= 4 is 5.91 Å². The molecule has 1 saturated carbocycles. The number of carbonyl (C=O) groups excluding carboxylic acids is 1. The number of hydrogen-bond donors (Lipinski definition) is 0. The van der Waals surface area contributed by atoms with Gasteiger partial charge in [-0.05, 0) is 37.3 Å². The molecule has 2 aliphatic rings. The molecule has 29 heavy (non-hydrogen) atoms. The van der Waals surface area contributed by atoms with Gasteiger partial charge in [0.15, 0.2) is 0 Å². The van der Waals surface area contributed by atoms with Crippen LogP contribution in [0.4, 0.5) is 0 Å². The fourth-order valence-corrected chi connectivity index (χ4v) is 4.38. The quantitative estimate of drug-likeness (QED) is 0.701. The summed E-state index contributed by atoms with van der Waals surface area (Å²) in [6.45, 7) is 1.78. The molecule has 0 N–H and O–H groups in total. The van der Waals surface area contributed by atoms with Crippen LogP contribution in [0.25, 0.3) is 11.4 Å². The Hall–Kier alpha value is -2.28. The minimum Gasteiger partial charge on any atom is -0.367 e. The van der Waals surface area contributed by atoms with E-state index in [1.807, 2.05) is 17.0 Å². The molecule has 2 fully saturated rings. The Morgan fingerprint density at radius 3 is 2.79 bits per heavy atom. The van der Waals surface area contributed by atoms with E-state index in [-0.39, 0.29) is 18.6 Å². The SMILES string of the molecule is O=C(CCC1CCCCC1)N1CCCC(OCc2nc(-c3ccncc3)no2)C1. The normalized spacial score (nSPS) is 20.7. The number of nitrogens with zero attached hydrogens (tertiary/aromatic N) is 4. The van der Waals surface area contributed by atoms with E-state index >= 15 is 0 Å². The first-order valence-electron chi connectivity index (χ1n) is 10.9. The summed E-state index contributed by atoms with van der Waals surface area (Å²) in [7, 11) is 0. The number of rotatable bonds is 7. The van der Waals surface area contributed by atoms with Crippen LogP contribution in [0.15, 0.2) is 29.0 Å². The molecule has 2 aromatic rings. The van der Waals surface area contributed by atoms with Crippen molar-refractivity contribution in [1.29, 1.82) is 0 Å². The van der Waals surface area contributed by atoms with Gasteiger partial charge in [0.05, 0.1) is 6.10 Å². The lowest BCUT2D eigenvalue weighted by Gasteiger charge is -2.33. The predicted octanol–water partition coefficient (Wildman–Crippen LogP) is 4.00. The second-order valence-corrected chi connectivity index (χ2v) is 8.21. The van der Waals surface area contributed by atoms with E-state index in [1.165, 1.54) is 32.1 Å². The average Bonchev–Trinajstić information content (AvgIpc) is 3.27. The average molecular weight is 399 g/mol. The van der Waals surface area contributed by atoms with Gasteiger partial charge in [-0.2, -0.15) is 4.98 Å². The van der Waals surface area contributed by atoms with Gasteiger partial charge < -0.3 is 14.2 Å². The monoisotopic (exact) mass is 398 g/mol. The van der Waals surface area contributed by atoms with Crippen LogP contribution >= 0.6 is 0 Å². The van der Waals surface area contributed by atoms with Crippen LogP contribution < -0.4 is 0 Å². The molecule has 0 spiro atoms. The molecule has 156 valence electrons. The number of carbonyl (C=O) groups is 1. The molecular weight excluding hydrogens is 368 g/mol. The zero-order chi connectivity index (χ0) is 19.9. The summed E-state index contributed by atoms with van der Waals surface area (Å²) in [4.78, 5) is 23.0. The highest BCUT2D eigenvalue weighted by molar-refractivity contribution is 5.76. The van der Waals surface area contributed by atoms with Gasteiger partial charge in [-0.3, -0.25) is 9.78 Å². The van der Waals surface area contributed by atoms with Crippen LogP contribution in [-0.2, 0) is 16.1 Å². The van der Waals surface area contributed by atoms with E-state index < -0.39 is 0 Å². The number of pyridine rings is 1. The topological polar surface area (TPSA) is 81.4 Å². The lowest BCUT2D eigenvalue weighted by molar-refractivity contribution is -0.136. The molecule has 0 radical (unpaired) electrons. The second kappa shape index (κ2) is 9.96. The van der Waals surface area contributed by atoms with Gasteiger partial charge in [0.25, 0.3) is 5.89 Å². The van der Waals surface area contributed by atoms with Gasteiger partial charge in [-0.15, -0.1) is 0 Å². The van der Waals surface area contributed by atoms with Crippen molar-refractivity contribution in [1.82, 2.24) is 20.0 Å². The summed E-state index contributed by atoms with van der Waals surface area (Å²) in [5.74, 6) is 2.02. The van der Waals surface area contributed by atoms with Crippen molar-refractivity contribution in [2.24, 2.45) is 5.92 Å². The van der Waals surface area contributed by atoms with Gasteiger partial charge >= 0.3 is 0 Å². The Kier molecular flexibility index (Phi) is 6.87. The van der Waals surface area contributed by atoms with E-state index in [1.54, 1.807) is 12.4 Å². The summed E-state index contributed by atoms with van der Waals surface area (Å²) >= 11 is 0. The van der Waals surface area contributed by atoms with E-state index in [9.17, 15) is 4.79 Å². The van der Waals surface area contributed by atoms with Crippen LogP contribution in [-0.4, -0.2) is 45.1 Å². The molecule has 0 aromatic carbocycles. The zero-order valence-electron chi connectivity index (χ0n) is 17.0. The third-order valence-corrected chi connectivity index (χ3v) is 6.07. The van der Waals surface area contributed by atoms with E-state index in [0.29, 0.717) is 24.7 Å². The van der Waals surface area contributed by atoms with Crippen LogP contribution in [0.2, 0.25) is 0 Å². The summed E-state index contributed by atoms with van der Waals surface area (Å²) in [5.41, 5.74) is 0.863. The molecule has 1 aliphatic carbocycles. The van der Waals surface area contributed by atoms with Gasteiger partial charge in [-0.1, -0.05) is 37.3 Å². The number of ether oxygens (including phenoxy) is 1. The molecule has 1 amide bonds. The van der Waals surface area contributed by atoms with Gasteiger partial charge in [0.2, 0.25) is 11.7 Å². The van der Waals surface area contributed by atoms with Crippen molar-refractivity contribution in [2.75, 3.05) is 13.1 Å². The van der Waals surface area contributed by atoms with E-state index in [4.69, 9.17) is 9.26 Å². The van der Waals surface area contributed by atoms with Crippen LogP contribution in [0.5, 0.6) is 0 Å². The lowest BCUT2D eigenvalue weighted by atomic mass is 9.86.